The highest BCUT2D eigenvalue weighted by molar-refractivity contribution is 7.99. The van der Waals surface area contributed by atoms with Crippen molar-refractivity contribution in [2.45, 2.75) is 25.7 Å². The lowest BCUT2D eigenvalue weighted by Gasteiger charge is -2.35. The minimum Gasteiger partial charge on any atom is -0.396 e. The van der Waals surface area contributed by atoms with Gasteiger partial charge < -0.3 is 15.5 Å². The number of rotatable bonds is 5. The van der Waals surface area contributed by atoms with E-state index < -0.39 is 0 Å². The van der Waals surface area contributed by atoms with Crippen LogP contribution in [-0.4, -0.2) is 49.7 Å². The maximum Gasteiger partial charge on any atom is 0.177 e. The summed E-state index contributed by atoms with van der Waals surface area (Å²) in [6, 6.07) is 0. The number of piperazine rings is 1. The van der Waals surface area contributed by atoms with Crippen molar-refractivity contribution in [3.63, 3.8) is 0 Å². The molecule has 0 atom stereocenters. The molecule has 0 aromatic carbocycles. The molecule has 4 nitrogen and oxygen atoms in total. The third kappa shape index (κ3) is 3.38. The highest BCUT2D eigenvalue weighted by Gasteiger charge is 2.26. The van der Waals surface area contributed by atoms with E-state index in [-0.39, 0.29) is 11.7 Å². The van der Waals surface area contributed by atoms with E-state index in [4.69, 9.17) is 5.73 Å². The number of nitrogens with zero attached hydrogens (tertiary/aromatic N) is 2. The van der Waals surface area contributed by atoms with Crippen LogP contribution in [0.3, 0.4) is 0 Å². The van der Waals surface area contributed by atoms with Gasteiger partial charge >= 0.3 is 0 Å². The summed E-state index contributed by atoms with van der Waals surface area (Å²) in [6.45, 7) is 11.3. The lowest BCUT2D eigenvalue weighted by molar-refractivity contribution is 0.0944. The molecule has 0 radical (unpaired) electrons. The van der Waals surface area contributed by atoms with Gasteiger partial charge in [0.1, 0.15) is 5.00 Å². The molecular formula is C15H25N3OS2. The molecule has 118 valence electrons. The zero-order valence-corrected chi connectivity index (χ0v) is 14.9. The van der Waals surface area contributed by atoms with E-state index in [0.29, 0.717) is 5.69 Å². The van der Waals surface area contributed by atoms with Crippen LogP contribution >= 0.6 is 23.1 Å². The molecule has 1 aliphatic heterocycles. The van der Waals surface area contributed by atoms with Crippen LogP contribution in [0.25, 0.3) is 0 Å². The van der Waals surface area contributed by atoms with E-state index in [2.05, 4.69) is 16.7 Å². The number of ketones is 1. The fourth-order valence-corrected chi connectivity index (χ4v) is 4.86. The predicted octanol–water partition coefficient (Wildman–Crippen LogP) is 3.03. The van der Waals surface area contributed by atoms with Crippen molar-refractivity contribution in [1.29, 1.82) is 0 Å². The van der Waals surface area contributed by atoms with Gasteiger partial charge in [-0.15, -0.1) is 23.1 Å². The predicted molar refractivity (Wildman–Crippen MR) is 94.0 cm³/mol. The van der Waals surface area contributed by atoms with Crippen LogP contribution in [0.1, 0.15) is 30.4 Å². The van der Waals surface area contributed by atoms with E-state index in [9.17, 15) is 4.79 Å². The van der Waals surface area contributed by atoms with Gasteiger partial charge in [-0.3, -0.25) is 4.79 Å². The van der Waals surface area contributed by atoms with Crippen molar-refractivity contribution in [3.05, 3.63) is 4.88 Å². The highest BCUT2D eigenvalue weighted by atomic mass is 32.2. The Morgan fingerprint density at radius 2 is 1.95 bits per heavy atom. The summed E-state index contributed by atoms with van der Waals surface area (Å²) in [6.07, 6.45) is 2.04. The largest absolute Gasteiger partial charge is 0.396 e. The van der Waals surface area contributed by atoms with Crippen molar-refractivity contribution in [3.8, 4) is 0 Å². The molecule has 0 amide bonds. The van der Waals surface area contributed by atoms with Gasteiger partial charge in [-0.05, 0) is 12.8 Å². The lowest BCUT2D eigenvalue weighted by atomic mass is 10.1. The smallest absolute Gasteiger partial charge is 0.177 e. The average molecular weight is 328 g/mol. The summed E-state index contributed by atoms with van der Waals surface area (Å²) in [5.74, 6) is 0.150. The maximum absolute atomic E-state index is 12.3. The van der Waals surface area contributed by atoms with E-state index >= 15 is 0 Å². The van der Waals surface area contributed by atoms with Gasteiger partial charge in [-0.1, -0.05) is 20.8 Å². The Balaban J connectivity index is 2.27. The molecule has 1 saturated heterocycles. The molecule has 21 heavy (non-hydrogen) atoms. The molecule has 2 rings (SSSR count). The Morgan fingerprint density at radius 3 is 2.43 bits per heavy atom. The number of nitrogen functional groups attached to an aromatic ring is 1. The van der Waals surface area contributed by atoms with Gasteiger partial charge in [0.15, 0.2) is 5.78 Å². The summed E-state index contributed by atoms with van der Waals surface area (Å²) in [4.78, 5) is 19.0. The van der Waals surface area contributed by atoms with Crippen molar-refractivity contribution < 1.29 is 4.79 Å². The molecule has 1 aromatic rings. The Morgan fingerprint density at radius 1 is 1.33 bits per heavy atom. The molecular weight excluding hydrogens is 302 g/mol. The van der Waals surface area contributed by atoms with Gasteiger partial charge in [0.25, 0.3) is 0 Å². The van der Waals surface area contributed by atoms with Crippen LogP contribution < -0.4 is 10.6 Å². The fourth-order valence-electron chi connectivity index (χ4n) is 2.53. The number of carbonyl (C=O) groups excluding carboxylic acids is 1. The third-order valence-electron chi connectivity index (χ3n) is 3.94. The Hall–Kier alpha value is -0.720. The molecule has 0 aliphatic carbocycles. The van der Waals surface area contributed by atoms with Crippen molar-refractivity contribution >= 4 is 39.6 Å². The zero-order chi connectivity index (χ0) is 15.6. The van der Waals surface area contributed by atoms with E-state index in [1.54, 1.807) is 23.1 Å². The van der Waals surface area contributed by atoms with Gasteiger partial charge in [-0.25, -0.2) is 0 Å². The number of anilines is 2. The number of carbonyl (C=O) groups is 1. The van der Waals surface area contributed by atoms with Crippen LogP contribution in [0.2, 0.25) is 0 Å². The summed E-state index contributed by atoms with van der Waals surface area (Å²) in [7, 11) is 0. The number of nitrogens with two attached hydrogens (primary N) is 1. The number of thioether (sulfide) groups is 1. The quantitative estimate of drug-likeness (QED) is 0.665. The maximum atomic E-state index is 12.3. The van der Waals surface area contributed by atoms with Crippen LogP contribution in [-0.2, 0) is 0 Å². The van der Waals surface area contributed by atoms with Gasteiger partial charge in [0.2, 0.25) is 0 Å². The lowest BCUT2D eigenvalue weighted by Crippen LogP contribution is -2.46. The second kappa shape index (κ2) is 7.03. The SMILES string of the molecule is CCN1CCN(c2sc(C(=O)C(C)C)c(N)c2SC)CC1. The second-order valence-corrected chi connectivity index (χ2v) is 7.44. The first-order chi connectivity index (χ1) is 9.99. The van der Waals surface area contributed by atoms with Crippen LogP contribution in [0.15, 0.2) is 4.90 Å². The molecule has 2 N–H and O–H groups in total. The first kappa shape index (κ1) is 16.6. The number of thiophene rings is 1. The minimum atomic E-state index is -0.00885. The molecule has 6 heteroatoms. The van der Waals surface area contributed by atoms with Crippen molar-refractivity contribution in [1.82, 2.24) is 4.90 Å². The summed E-state index contributed by atoms with van der Waals surface area (Å²) < 4.78 is 0. The first-order valence-corrected chi connectivity index (χ1v) is 9.51. The minimum absolute atomic E-state index is 0.00885. The molecule has 1 aliphatic rings. The van der Waals surface area contributed by atoms with Gasteiger partial charge in [0, 0.05) is 32.1 Å². The standard InChI is InChI=1S/C15H25N3OS2/c1-5-17-6-8-18(9-7-17)15-14(20-4)11(16)13(21-15)12(19)10(2)3/h10H,5-9,16H2,1-4H3. The molecule has 0 saturated carbocycles. The highest BCUT2D eigenvalue weighted by Crippen LogP contribution is 2.44. The van der Waals surface area contributed by atoms with Gasteiger partial charge in [-0.2, -0.15) is 0 Å². The summed E-state index contributed by atoms with van der Waals surface area (Å²) in [5.41, 5.74) is 6.92. The Bertz CT molecular complexity index is 505. The second-order valence-electron chi connectivity index (χ2n) is 5.62. The van der Waals surface area contributed by atoms with Crippen LogP contribution in [0, 0.1) is 5.92 Å². The zero-order valence-electron chi connectivity index (χ0n) is 13.3. The van der Waals surface area contributed by atoms with E-state index in [1.165, 1.54) is 5.00 Å². The molecule has 0 bridgehead atoms. The third-order valence-corrected chi connectivity index (χ3v) is 6.17. The topological polar surface area (TPSA) is 49.6 Å². The Kier molecular flexibility index (Phi) is 5.57. The number of Topliss-reactive ketones (excluding diaryl/α,β-unsaturated/α-hetero) is 1. The average Bonchev–Trinajstić information content (AvgIpc) is 2.83. The Labute approximate surface area is 135 Å². The molecule has 0 unspecified atom stereocenters. The number of likely N-dealkylation sites (N-methyl/N-ethyl adjacent to an activating group) is 1. The van der Waals surface area contributed by atoms with E-state index in [1.807, 2.05) is 20.1 Å². The van der Waals surface area contributed by atoms with Crippen molar-refractivity contribution in [2.24, 2.45) is 5.92 Å². The summed E-state index contributed by atoms with van der Waals surface area (Å²) >= 11 is 3.22. The van der Waals surface area contributed by atoms with Crippen LogP contribution in [0.4, 0.5) is 10.7 Å². The molecule has 1 aromatic heterocycles. The first-order valence-electron chi connectivity index (χ1n) is 7.47. The number of hydrogen-bond donors (Lipinski definition) is 1. The monoisotopic (exact) mass is 327 g/mol. The fraction of sp³-hybridized carbons (Fsp3) is 0.667. The van der Waals surface area contributed by atoms with Crippen molar-refractivity contribution in [2.75, 3.05) is 49.6 Å². The normalized spacial score (nSPS) is 16.7. The number of hydrogen-bond acceptors (Lipinski definition) is 6. The summed E-state index contributed by atoms with van der Waals surface area (Å²) in [5, 5.41) is 1.18. The van der Waals surface area contributed by atoms with Crippen LogP contribution in [0.5, 0.6) is 0 Å². The van der Waals surface area contributed by atoms with E-state index in [0.717, 1.165) is 42.5 Å². The molecule has 0 spiro atoms. The molecule has 2 heterocycles. The van der Waals surface area contributed by atoms with Gasteiger partial charge in [0.05, 0.1) is 15.5 Å². The molecule has 1 fully saturated rings.